The molecule has 0 aliphatic rings. The fourth-order valence-corrected chi connectivity index (χ4v) is 6.70. The second-order valence-corrected chi connectivity index (χ2v) is 20.7. The van der Waals surface area contributed by atoms with Crippen LogP contribution in [0.25, 0.3) is 0 Å². The maximum atomic E-state index is 2.48. The topological polar surface area (TPSA) is 3.24 Å². The van der Waals surface area contributed by atoms with Crippen LogP contribution in [0.1, 0.15) is 5.56 Å². The van der Waals surface area contributed by atoms with Crippen LogP contribution in [-0.2, 0) is 6.54 Å². The Morgan fingerprint density at radius 1 is 1.07 bits per heavy atom. The summed E-state index contributed by atoms with van der Waals surface area (Å²) in [5.41, 5.74) is 1.42. The molecule has 0 radical (unpaired) electrons. The van der Waals surface area contributed by atoms with Crippen LogP contribution in [0.15, 0.2) is 30.3 Å². The second kappa shape index (κ2) is 5.17. The van der Waals surface area contributed by atoms with E-state index in [9.17, 15) is 0 Å². The van der Waals surface area contributed by atoms with Gasteiger partial charge in [0.25, 0.3) is 0 Å². The van der Waals surface area contributed by atoms with E-state index in [1.54, 1.807) is 0 Å². The number of hydrogen-bond donors (Lipinski definition) is 0. The quantitative estimate of drug-likeness (QED) is 0.772. The van der Waals surface area contributed by atoms with Crippen LogP contribution in [0.3, 0.4) is 0 Å². The van der Waals surface area contributed by atoms with Crippen LogP contribution in [0.4, 0.5) is 0 Å². The third kappa shape index (κ3) is 5.01. The molecule has 0 bridgehead atoms. The Labute approximate surface area is 92.0 Å². The van der Waals surface area contributed by atoms with E-state index in [4.69, 9.17) is 0 Å². The van der Waals surface area contributed by atoms with Gasteiger partial charge in [0.1, 0.15) is 0 Å². The number of benzene rings is 1. The van der Waals surface area contributed by atoms with Crippen molar-refractivity contribution >= 4 is 18.4 Å². The van der Waals surface area contributed by atoms with Crippen molar-refractivity contribution in [2.24, 2.45) is 0 Å². The van der Waals surface area contributed by atoms with Gasteiger partial charge in [-0.2, -0.15) is 0 Å². The molecule has 0 aromatic heterocycles. The minimum absolute atomic E-state index is 1.09. The first-order valence-corrected chi connectivity index (χ1v) is 15.8. The molecular formula is C12H21NSn. The first kappa shape index (κ1) is 12.1. The second-order valence-electron chi connectivity index (χ2n) is 5.22. The third-order valence-electron chi connectivity index (χ3n) is 2.04. The van der Waals surface area contributed by atoms with Crippen LogP contribution in [0.5, 0.6) is 0 Å². The first-order valence-electron chi connectivity index (χ1n) is 5.20. The SMILES string of the molecule is CN(Cc1ccccc1)[CH2][Sn]([CH3])([CH3])[CH3]. The van der Waals surface area contributed by atoms with Gasteiger partial charge in [-0.1, -0.05) is 0 Å². The summed E-state index contributed by atoms with van der Waals surface area (Å²) in [5, 5.41) is 0. The van der Waals surface area contributed by atoms with E-state index in [2.05, 4.69) is 57.1 Å². The van der Waals surface area contributed by atoms with E-state index < -0.39 is 18.4 Å². The van der Waals surface area contributed by atoms with Crippen LogP contribution in [-0.4, -0.2) is 34.9 Å². The molecule has 1 rings (SSSR count). The van der Waals surface area contributed by atoms with Gasteiger partial charge in [0.15, 0.2) is 0 Å². The summed E-state index contributed by atoms with van der Waals surface area (Å²) in [5.74, 6) is 0. The molecule has 0 saturated carbocycles. The predicted molar refractivity (Wildman–Crippen MR) is 66.1 cm³/mol. The molecule has 14 heavy (non-hydrogen) atoms. The third-order valence-corrected chi connectivity index (χ3v) is 6.29. The summed E-state index contributed by atoms with van der Waals surface area (Å²) in [4.78, 5) is 9.91. The zero-order chi connectivity index (χ0) is 10.6. The van der Waals surface area contributed by atoms with Crippen LogP contribution < -0.4 is 0 Å². The van der Waals surface area contributed by atoms with Gasteiger partial charge in [-0.15, -0.1) is 0 Å². The molecule has 0 N–H and O–H groups in total. The summed E-state index contributed by atoms with van der Waals surface area (Å²) in [6.45, 7) is 1.09. The maximum absolute atomic E-state index is 2.48. The molecule has 0 atom stereocenters. The average molecular weight is 298 g/mol. The molecule has 1 nitrogen and oxygen atoms in total. The first-order chi connectivity index (χ1) is 6.47. The van der Waals surface area contributed by atoms with Crippen molar-refractivity contribution in [3.8, 4) is 0 Å². The van der Waals surface area contributed by atoms with Crippen molar-refractivity contribution < 1.29 is 0 Å². The van der Waals surface area contributed by atoms with Crippen molar-refractivity contribution in [1.29, 1.82) is 0 Å². The zero-order valence-electron chi connectivity index (χ0n) is 9.75. The zero-order valence-corrected chi connectivity index (χ0v) is 12.6. The molecule has 0 amide bonds. The molecule has 0 spiro atoms. The van der Waals surface area contributed by atoms with Crippen molar-refractivity contribution in [2.45, 2.75) is 21.4 Å². The molecule has 0 aliphatic heterocycles. The summed E-state index contributed by atoms with van der Waals surface area (Å²) >= 11 is -1.63. The molecule has 0 saturated heterocycles. The van der Waals surface area contributed by atoms with E-state index in [-0.39, 0.29) is 0 Å². The van der Waals surface area contributed by atoms with Gasteiger partial charge in [0.2, 0.25) is 0 Å². The molecule has 0 aliphatic carbocycles. The average Bonchev–Trinajstić information content (AvgIpc) is 2.02. The summed E-state index contributed by atoms with van der Waals surface area (Å²) in [7, 11) is 2.23. The number of hydrogen-bond acceptors (Lipinski definition) is 1. The summed E-state index contributed by atoms with van der Waals surface area (Å²) in [6.07, 6.45) is 0. The molecule has 2 heteroatoms. The predicted octanol–water partition coefficient (Wildman–Crippen LogP) is 3.00. The van der Waals surface area contributed by atoms with Gasteiger partial charge in [-0.3, -0.25) is 0 Å². The van der Waals surface area contributed by atoms with Gasteiger partial charge < -0.3 is 0 Å². The van der Waals surface area contributed by atoms with Crippen molar-refractivity contribution in [2.75, 3.05) is 11.6 Å². The van der Waals surface area contributed by atoms with Crippen LogP contribution >= 0.6 is 0 Å². The van der Waals surface area contributed by atoms with E-state index in [0.29, 0.717) is 0 Å². The Morgan fingerprint density at radius 3 is 2.14 bits per heavy atom. The fraction of sp³-hybridized carbons (Fsp3) is 0.500. The van der Waals surface area contributed by atoms with Crippen molar-refractivity contribution in [3.05, 3.63) is 35.9 Å². The van der Waals surface area contributed by atoms with Gasteiger partial charge in [0, 0.05) is 0 Å². The van der Waals surface area contributed by atoms with E-state index in [1.165, 1.54) is 10.1 Å². The molecule has 78 valence electrons. The monoisotopic (exact) mass is 299 g/mol. The summed E-state index contributed by atoms with van der Waals surface area (Å²) < 4.78 is 1.34. The van der Waals surface area contributed by atoms with E-state index in [0.717, 1.165) is 6.54 Å². The van der Waals surface area contributed by atoms with Crippen molar-refractivity contribution in [1.82, 2.24) is 4.90 Å². The molecular weight excluding hydrogens is 277 g/mol. The normalized spacial score (nSPS) is 12.1. The van der Waals surface area contributed by atoms with Crippen molar-refractivity contribution in [3.63, 3.8) is 0 Å². The molecule has 0 heterocycles. The Hall–Kier alpha value is -0.0213. The van der Waals surface area contributed by atoms with Crippen LogP contribution in [0, 0.1) is 0 Å². The van der Waals surface area contributed by atoms with E-state index >= 15 is 0 Å². The number of nitrogens with zero attached hydrogens (tertiary/aromatic N) is 1. The van der Waals surface area contributed by atoms with Gasteiger partial charge >= 0.3 is 92.1 Å². The van der Waals surface area contributed by atoms with E-state index in [1.807, 2.05) is 0 Å². The Kier molecular flexibility index (Phi) is 4.45. The molecule has 1 aromatic carbocycles. The number of rotatable bonds is 4. The van der Waals surface area contributed by atoms with Gasteiger partial charge in [0.05, 0.1) is 0 Å². The summed E-state index contributed by atoms with van der Waals surface area (Å²) in [6, 6.07) is 10.7. The minimum atomic E-state index is -1.63. The molecule has 0 unspecified atom stereocenters. The Bertz CT molecular complexity index is 263. The van der Waals surface area contributed by atoms with Crippen LogP contribution in [0.2, 0.25) is 14.8 Å². The Morgan fingerprint density at radius 2 is 1.64 bits per heavy atom. The van der Waals surface area contributed by atoms with Gasteiger partial charge in [-0.05, 0) is 0 Å². The van der Waals surface area contributed by atoms with Gasteiger partial charge in [-0.25, -0.2) is 0 Å². The standard InChI is InChI=1S/C9H12N.3CH3.Sn/c1-10(2)8-9-6-4-3-5-7-9;;;;/h3-7H,1,8H2,2H3;3*1H3;. The molecule has 0 fully saturated rings. The fourth-order valence-electron chi connectivity index (χ4n) is 1.76. The Balaban J connectivity index is 2.46. The molecule has 1 aromatic rings.